The number of benzene rings is 2. The summed E-state index contributed by atoms with van der Waals surface area (Å²) < 4.78 is 6.76. The molecule has 0 aliphatic heterocycles. The van der Waals surface area contributed by atoms with Crippen molar-refractivity contribution >= 4 is 50.7 Å². The molecule has 0 bridgehead atoms. The van der Waals surface area contributed by atoms with Crippen molar-refractivity contribution in [2.24, 2.45) is 0 Å². The Morgan fingerprint density at radius 3 is 2.61 bits per heavy atom. The maximum atomic E-state index is 13.0. The number of rotatable bonds is 6. The minimum Gasteiger partial charge on any atom is -0.462 e. The Balaban J connectivity index is 1.69. The number of hydrogen-bond acceptors (Lipinski definition) is 7. The lowest BCUT2D eigenvalue weighted by Gasteiger charge is -2.12. The summed E-state index contributed by atoms with van der Waals surface area (Å²) in [5.74, 6) is -1.07. The summed E-state index contributed by atoms with van der Waals surface area (Å²) >= 11 is 7.37. The van der Waals surface area contributed by atoms with Gasteiger partial charge in [0, 0.05) is 10.6 Å². The van der Waals surface area contributed by atoms with Crippen molar-refractivity contribution in [2.45, 2.75) is 20.4 Å². The van der Waals surface area contributed by atoms with E-state index in [1.54, 1.807) is 62.4 Å². The number of carbonyl (C=O) groups is 2. The molecule has 0 radical (unpaired) electrons. The first-order chi connectivity index (χ1) is 15.9. The zero-order chi connectivity index (χ0) is 23.5. The van der Waals surface area contributed by atoms with Gasteiger partial charge in [-0.25, -0.2) is 14.5 Å². The Morgan fingerprint density at radius 2 is 1.88 bits per heavy atom. The number of carbonyl (C=O) groups excluding carboxylic acids is 2. The summed E-state index contributed by atoms with van der Waals surface area (Å²) in [5.41, 5.74) is 1.57. The molecule has 2 heterocycles. The molecule has 2 aromatic heterocycles. The van der Waals surface area contributed by atoms with Gasteiger partial charge in [-0.2, -0.15) is 5.10 Å². The van der Waals surface area contributed by atoms with Gasteiger partial charge >= 0.3 is 5.97 Å². The molecular weight excluding hydrogens is 464 g/mol. The summed E-state index contributed by atoms with van der Waals surface area (Å²) in [5, 5.41) is 8.42. The Morgan fingerprint density at radius 1 is 1.15 bits per heavy atom. The number of nitrogens with zero attached hydrogens (tertiary/aromatic N) is 3. The molecule has 4 aromatic rings. The highest BCUT2D eigenvalue weighted by molar-refractivity contribution is 7.19. The van der Waals surface area contributed by atoms with Crippen molar-refractivity contribution in [1.82, 2.24) is 14.8 Å². The zero-order valence-corrected chi connectivity index (χ0v) is 19.4. The summed E-state index contributed by atoms with van der Waals surface area (Å²) in [6.45, 7) is 3.36. The van der Waals surface area contributed by atoms with Crippen LogP contribution in [0.4, 0.5) is 5.69 Å². The molecule has 4 rings (SSSR count). The first kappa shape index (κ1) is 22.6. The summed E-state index contributed by atoms with van der Waals surface area (Å²) in [6.07, 6.45) is 0. The second kappa shape index (κ2) is 9.51. The van der Waals surface area contributed by atoms with Gasteiger partial charge in [-0.1, -0.05) is 35.9 Å². The summed E-state index contributed by atoms with van der Waals surface area (Å²) in [6, 6.07) is 13.6. The molecule has 0 aliphatic carbocycles. The van der Waals surface area contributed by atoms with Gasteiger partial charge in [0.1, 0.15) is 12.2 Å². The first-order valence-electron chi connectivity index (χ1n) is 10.1. The molecule has 0 saturated carbocycles. The van der Waals surface area contributed by atoms with E-state index in [9.17, 15) is 14.4 Å². The molecule has 0 unspecified atom stereocenters. The van der Waals surface area contributed by atoms with Gasteiger partial charge in [-0.3, -0.25) is 9.59 Å². The smallest absolute Gasteiger partial charge is 0.340 e. The number of anilines is 1. The van der Waals surface area contributed by atoms with Crippen molar-refractivity contribution in [3.05, 3.63) is 74.5 Å². The second-order valence-corrected chi connectivity index (χ2v) is 8.68. The van der Waals surface area contributed by atoms with Crippen LogP contribution in [0.25, 0.3) is 21.5 Å². The third-order valence-corrected chi connectivity index (χ3v) is 5.94. The van der Waals surface area contributed by atoms with Crippen LogP contribution in [-0.4, -0.2) is 33.2 Å². The zero-order valence-electron chi connectivity index (χ0n) is 17.8. The van der Waals surface area contributed by atoms with Crippen molar-refractivity contribution in [1.29, 1.82) is 0 Å². The van der Waals surface area contributed by atoms with E-state index < -0.39 is 17.4 Å². The molecule has 10 heteroatoms. The van der Waals surface area contributed by atoms with E-state index in [-0.39, 0.29) is 29.9 Å². The highest BCUT2D eigenvalue weighted by Crippen LogP contribution is 2.30. The molecule has 0 atom stereocenters. The number of amides is 1. The van der Waals surface area contributed by atoms with Crippen molar-refractivity contribution in [2.75, 3.05) is 11.9 Å². The number of ether oxygens (including phenoxy) is 1. The number of nitrogens with one attached hydrogen (secondary N) is 1. The van der Waals surface area contributed by atoms with Gasteiger partial charge in [0.2, 0.25) is 5.91 Å². The van der Waals surface area contributed by atoms with E-state index in [1.807, 2.05) is 0 Å². The number of halogens is 1. The normalized spacial score (nSPS) is 10.9. The van der Waals surface area contributed by atoms with Crippen molar-refractivity contribution in [3.8, 4) is 11.3 Å². The molecule has 2 aromatic carbocycles. The first-order valence-corrected chi connectivity index (χ1v) is 11.3. The van der Waals surface area contributed by atoms with Gasteiger partial charge < -0.3 is 10.1 Å². The Bertz CT molecular complexity index is 1410. The predicted molar refractivity (Wildman–Crippen MR) is 128 cm³/mol. The number of para-hydroxylation sites is 1. The number of hydrogen-bond donors (Lipinski definition) is 1. The highest BCUT2D eigenvalue weighted by Gasteiger charge is 2.19. The minimum absolute atomic E-state index is 0.209. The Labute approximate surface area is 197 Å². The molecule has 0 aliphatic rings. The van der Waals surface area contributed by atoms with E-state index in [1.165, 1.54) is 11.3 Å². The Kier molecular flexibility index (Phi) is 6.52. The van der Waals surface area contributed by atoms with Crippen LogP contribution in [0.2, 0.25) is 5.02 Å². The van der Waals surface area contributed by atoms with E-state index >= 15 is 0 Å². The third-order valence-electron chi connectivity index (χ3n) is 4.71. The fourth-order valence-electron chi connectivity index (χ4n) is 3.27. The number of aryl methyl sites for hydroxylation is 1. The van der Waals surface area contributed by atoms with Crippen LogP contribution in [-0.2, 0) is 16.1 Å². The highest BCUT2D eigenvalue weighted by atomic mass is 35.5. The summed E-state index contributed by atoms with van der Waals surface area (Å²) in [7, 11) is 0. The molecule has 8 nitrogen and oxygen atoms in total. The molecule has 33 heavy (non-hydrogen) atoms. The van der Waals surface area contributed by atoms with Crippen LogP contribution in [0.1, 0.15) is 22.3 Å². The fraction of sp³-hybridized carbons (Fsp3) is 0.174. The molecule has 0 fully saturated rings. The molecule has 1 N–H and O–H groups in total. The van der Waals surface area contributed by atoms with E-state index in [0.717, 1.165) is 10.2 Å². The average molecular weight is 483 g/mol. The van der Waals surface area contributed by atoms with E-state index in [0.29, 0.717) is 20.4 Å². The van der Waals surface area contributed by atoms with Gasteiger partial charge in [-0.05, 0) is 38.1 Å². The van der Waals surface area contributed by atoms with Crippen LogP contribution in [0.5, 0.6) is 0 Å². The number of aromatic nitrogens is 3. The predicted octanol–water partition coefficient (Wildman–Crippen LogP) is 4.30. The Hall–Kier alpha value is -3.56. The second-order valence-electron chi connectivity index (χ2n) is 7.04. The van der Waals surface area contributed by atoms with Gasteiger partial charge in [0.15, 0.2) is 5.52 Å². The van der Waals surface area contributed by atoms with Crippen LogP contribution >= 0.6 is 22.9 Å². The topological polar surface area (TPSA) is 103 Å². The van der Waals surface area contributed by atoms with Gasteiger partial charge in [-0.15, -0.1) is 11.3 Å². The minimum atomic E-state index is -0.548. The molecular formula is C23H19ClN4O4S. The standard InChI is InChI=1S/C23H19ClN4O4S/c1-3-32-23(31)16-6-4-5-7-17(16)26-18(29)12-28-22(30)20-21(33-13(2)25-20)19(27-28)14-8-10-15(24)11-9-14/h4-11H,3,12H2,1-2H3,(H,26,29). The van der Waals surface area contributed by atoms with Gasteiger partial charge in [0.25, 0.3) is 5.56 Å². The maximum Gasteiger partial charge on any atom is 0.340 e. The van der Waals surface area contributed by atoms with Crippen LogP contribution in [0.15, 0.2) is 53.3 Å². The number of esters is 1. The van der Waals surface area contributed by atoms with Crippen LogP contribution in [0.3, 0.4) is 0 Å². The van der Waals surface area contributed by atoms with E-state index in [2.05, 4.69) is 15.4 Å². The largest absolute Gasteiger partial charge is 0.462 e. The van der Waals surface area contributed by atoms with Crippen molar-refractivity contribution in [3.63, 3.8) is 0 Å². The van der Waals surface area contributed by atoms with Crippen molar-refractivity contribution < 1.29 is 14.3 Å². The fourth-order valence-corrected chi connectivity index (χ4v) is 4.32. The lowest BCUT2D eigenvalue weighted by atomic mass is 10.1. The third kappa shape index (κ3) is 4.79. The van der Waals surface area contributed by atoms with Crippen LogP contribution < -0.4 is 10.9 Å². The lowest BCUT2D eigenvalue weighted by molar-refractivity contribution is -0.117. The SMILES string of the molecule is CCOC(=O)c1ccccc1NC(=O)Cn1nc(-c2ccc(Cl)cc2)c2sc(C)nc2c1=O. The summed E-state index contributed by atoms with van der Waals surface area (Å²) in [4.78, 5) is 42.3. The maximum absolute atomic E-state index is 13.0. The molecule has 0 spiro atoms. The quantitative estimate of drug-likeness (QED) is 0.411. The van der Waals surface area contributed by atoms with Gasteiger partial charge in [0.05, 0.1) is 27.6 Å². The molecule has 1 amide bonds. The number of thiazole rings is 1. The number of fused-ring (bicyclic) bond motifs is 1. The van der Waals surface area contributed by atoms with Crippen LogP contribution in [0, 0.1) is 6.92 Å². The molecule has 168 valence electrons. The average Bonchev–Trinajstić information content (AvgIpc) is 3.19. The monoisotopic (exact) mass is 482 g/mol. The van der Waals surface area contributed by atoms with E-state index in [4.69, 9.17) is 16.3 Å². The lowest BCUT2D eigenvalue weighted by Crippen LogP contribution is -2.30. The molecule has 0 saturated heterocycles.